The van der Waals surface area contributed by atoms with E-state index in [0.29, 0.717) is 5.69 Å². The highest BCUT2D eigenvalue weighted by atomic mass is 32.2. The fraction of sp³-hybridized carbons (Fsp3) is 0.444. The minimum atomic E-state index is -0.0740. The second-order valence-electron chi connectivity index (χ2n) is 3.23. The lowest BCUT2D eigenvalue weighted by Crippen LogP contribution is -2.38. The van der Waals surface area contributed by atoms with E-state index in [2.05, 4.69) is 9.97 Å². The molecule has 6 heteroatoms. The van der Waals surface area contributed by atoms with Gasteiger partial charge in [0.2, 0.25) is 0 Å². The summed E-state index contributed by atoms with van der Waals surface area (Å²) in [7, 11) is 0. The van der Waals surface area contributed by atoms with Crippen LogP contribution in [0.15, 0.2) is 12.4 Å². The highest BCUT2D eigenvalue weighted by molar-refractivity contribution is 7.99. The Bertz CT molecular complexity index is 365. The zero-order chi connectivity index (χ0) is 10.7. The number of hydrogen-bond acceptors (Lipinski definition) is 5. The van der Waals surface area contributed by atoms with E-state index >= 15 is 0 Å². The molecule has 5 nitrogen and oxygen atoms in total. The molecule has 0 spiro atoms. The summed E-state index contributed by atoms with van der Waals surface area (Å²) in [6.45, 7) is 1.56. The number of rotatable bonds is 1. The van der Waals surface area contributed by atoms with Crippen LogP contribution in [0.2, 0.25) is 0 Å². The Morgan fingerprint density at radius 3 is 2.80 bits per heavy atom. The van der Waals surface area contributed by atoms with Crippen molar-refractivity contribution in [3.63, 3.8) is 0 Å². The summed E-state index contributed by atoms with van der Waals surface area (Å²) in [5, 5.41) is 0. The Morgan fingerprint density at radius 2 is 2.13 bits per heavy atom. The summed E-state index contributed by atoms with van der Waals surface area (Å²) in [5.41, 5.74) is 5.81. The molecule has 1 aliphatic heterocycles. The van der Waals surface area contributed by atoms with Crippen LogP contribution < -0.4 is 5.73 Å². The first-order valence-electron chi connectivity index (χ1n) is 4.72. The van der Waals surface area contributed by atoms with Gasteiger partial charge in [0.15, 0.2) is 0 Å². The van der Waals surface area contributed by atoms with Gasteiger partial charge in [0.25, 0.3) is 5.91 Å². The van der Waals surface area contributed by atoms with Crippen molar-refractivity contribution < 1.29 is 4.79 Å². The molecule has 1 fully saturated rings. The first-order chi connectivity index (χ1) is 7.27. The number of carbonyl (C=O) groups is 1. The Kier molecular flexibility index (Phi) is 3.05. The molecule has 0 aliphatic carbocycles. The molecule has 1 saturated heterocycles. The van der Waals surface area contributed by atoms with Crippen molar-refractivity contribution in [2.24, 2.45) is 0 Å². The standard InChI is InChI=1S/C9H12N4OS/c10-8-6-11-5-7(12-8)9(14)13-1-3-15-4-2-13/h5-6H,1-4H2,(H2,10,12). The topological polar surface area (TPSA) is 72.1 Å². The fourth-order valence-electron chi connectivity index (χ4n) is 1.41. The average molecular weight is 224 g/mol. The molecule has 0 unspecified atom stereocenters. The van der Waals surface area contributed by atoms with Crippen LogP contribution in [-0.2, 0) is 0 Å². The molecule has 1 aromatic rings. The van der Waals surface area contributed by atoms with Crippen LogP contribution in [0.25, 0.3) is 0 Å². The number of amides is 1. The van der Waals surface area contributed by atoms with Crippen LogP contribution in [0.1, 0.15) is 10.5 Å². The number of nitrogen functional groups attached to an aromatic ring is 1. The summed E-state index contributed by atoms with van der Waals surface area (Å²) in [6, 6.07) is 0. The van der Waals surface area contributed by atoms with Crippen LogP contribution in [0.4, 0.5) is 5.82 Å². The Balaban J connectivity index is 2.12. The van der Waals surface area contributed by atoms with Crippen molar-refractivity contribution in [1.82, 2.24) is 14.9 Å². The van der Waals surface area contributed by atoms with E-state index in [1.54, 1.807) is 4.90 Å². The number of thioether (sulfide) groups is 1. The lowest BCUT2D eigenvalue weighted by Gasteiger charge is -2.25. The second-order valence-corrected chi connectivity index (χ2v) is 4.46. The lowest BCUT2D eigenvalue weighted by molar-refractivity contribution is 0.0766. The molecule has 0 atom stereocenters. The van der Waals surface area contributed by atoms with Gasteiger partial charge >= 0.3 is 0 Å². The number of nitrogens with zero attached hydrogens (tertiary/aromatic N) is 3. The van der Waals surface area contributed by atoms with E-state index < -0.39 is 0 Å². The molecular formula is C9H12N4OS. The molecule has 2 N–H and O–H groups in total. The zero-order valence-corrected chi connectivity index (χ0v) is 9.04. The fourth-order valence-corrected chi connectivity index (χ4v) is 2.32. The first kappa shape index (κ1) is 10.2. The molecule has 2 rings (SSSR count). The number of hydrogen-bond donors (Lipinski definition) is 1. The molecule has 15 heavy (non-hydrogen) atoms. The monoisotopic (exact) mass is 224 g/mol. The third-order valence-corrected chi connectivity index (χ3v) is 3.11. The molecule has 1 aromatic heterocycles. The van der Waals surface area contributed by atoms with Gasteiger partial charge in [0.1, 0.15) is 11.5 Å². The van der Waals surface area contributed by atoms with Crippen molar-refractivity contribution in [2.45, 2.75) is 0 Å². The van der Waals surface area contributed by atoms with Crippen molar-refractivity contribution in [3.05, 3.63) is 18.1 Å². The molecular weight excluding hydrogens is 212 g/mol. The first-order valence-corrected chi connectivity index (χ1v) is 5.87. The van der Waals surface area contributed by atoms with Crippen LogP contribution >= 0.6 is 11.8 Å². The van der Waals surface area contributed by atoms with Crippen molar-refractivity contribution >= 4 is 23.5 Å². The van der Waals surface area contributed by atoms with Crippen molar-refractivity contribution in [3.8, 4) is 0 Å². The van der Waals surface area contributed by atoms with Gasteiger partial charge in [-0.15, -0.1) is 0 Å². The van der Waals surface area contributed by atoms with Gasteiger partial charge in [0.05, 0.1) is 12.4 Å². The largest absolute Gasteiger partial charge is 0.382 e. The number of nitrogens with two attached hydrogens (primary N) is 1. The maximum Gasteiger partial charge on any atom is 0.274 e. The SMILES string of the molecule is Nc1cncc(C(=O)N2CCSCC2)n1. The maximum absolute atomic E-state index is 11.9. The normalized spacial score (nSPS) is 16.4. The van der Waals surface area contributed by atoms with Gasteiger partial charge in [-0.25, -0.2) is 4.98 Å². The van der Waals surface area contributed by atoms with Gasteiger partial charge in [-0.2, -0.15) is 11.8 Å². The highest BCUT2D eigenvalue weighted by Gasteiger charge is 2.19. The second kappa shape index (κ2) is 4.48. The van der Waals surface area contributed by atoms with Crippen LogP contribution in [0, 0.1) is 0 Å². The molecule has 1 aliphatic rings. The average Bonchev–Trinajstić information content (AvgIpc) is 2.29. The van der Waals surface area contributed by atoms with Gasteiger partial charge in [-0.05, 0) is 0 Å². The van der Waals surface area contributed by atoms with Gasteiger partial charge in [-0.3, -0.25) is 9.78 Å². The van der Waals surface area contributed by atoms with Gasteiger partial charge in [-0.1, -0.05) is 0 Å². The third kappa shape index (κ3) is 2.38. The summed E-state index contributed by atoms with van der Waals surface area (Å²) < 4.78 is 0. The molecule has 1 amide bonds. The van der Waals surface area contributed by atoms with Crippen molar-refractivity contribution in [1.29, 1.82) is 0 Å². The van der Waals surface area contributed by atoms with Crippen LogP contribution in [0.3, 0.4) is 0 Å². The van der Waals surface area contributed by atoms with Crippen LogP contribution in [0.5, 0.6) is 0 Å². The van der Waals surface area contributed by atoms with E-state index in [-0.39, 0.29) is 11.7 Å². The van der Waals surface area contributed by atoms with Crippen molar-refractivity contribution in [2.75, 3.05) is 30.3 Å². The quantitative estimate of drug-likeness (QED) is 0.740. The van der Waals surface area contributed by atoms with E-state index in [0.717, 1.165) is 24.6 Å². The Morgan fingerprint density at radius 1 is 1.40 bits per heavy atom. The van der Waals surface area contributed by atoms with E-state index in [4.69, 9.17) is 5.73 Å². The minimum Gasteiger partial charge on any atom is -0.382 e. The number of carbonyl (C=O) groups excluding carboxylic acids is 1. The smallest absolute Gasteiger partial charge is 0.274 e. The van der Waals surface area contributed by atoms with E-state index in [9.17, 15) is 4.79 Å². The minimum absolute atomic E-state index is 0.0740. The predicted molar refractivity (Wildman–Crippen MR) is 59.7 cm³/mol. The molecule has 0 radical (unpaired) electrons. The zero-order valence-electron chi connectivity index (χ0n) is 8.22. The summed E-state index contributed by atoms with van der Waals surface area (Å²) in [5.74, 6) is 2.19. The predicted octanol–water partition coefficient (Wildman–Crippen LogP) is 0.248. The highest BCUT2D eigenvalue weighted by Crippen LogP contribution is 2.11. The molecule has 2 heterocycles. The summed E-state index contributed by atoms with van der Waals surface area (Å²) >= 11 is 1.86. The number of aromatic nitrogens is 2. The third-order valence-electron chi connectivity index (χ3n) is 2.17. The van der Waals surface area contributed by atoms with Gasteiger partial charge in [0, 0.05) is 24.6 Å². The Hall–Kier alpha value is -1.30. The lowest BCUT2D eigenvalue weighted by atomic mass is 10.3. The summed E-state index contributed by atoms with van der Waals surface area (Å²) in [6.07, 6.45) is 2.89. The van der Waals surface area contributed by atoms with E-state index in [1.807, 2.05) is 11.8 Å². The maximum atomic E-state index is 11.9. The molecule has 0 saturated carbocycles. The molecule has 80 valence electrons. The van der Waals surface area contributed by atoms with Gasteiger partial charge < -0.3 is 10.6 Å². The Labute approximate surface area is 92.1 Å². The summed E-state index contributed by atoms with van der Waals surface area (Å²) in [4.78, 5) is 21.5. The van der Waals surface area contributed by atoms with E-state index in [1.165, 1.54) is 12.4 Å². The molecule has 0 aromatic carbocycles. The molecule has 0 bridgehead atoms. The number of anilines is 1. The van der Waals surface area contributed by atoms with Crippen LogP contribution in [-0.4, -0.2) is 45.4 Å².